The zero-order valence-electron chi connectivity index (χ0n) is 10.0. The smallest absolute Gasteiger partial charge is 0.0130 e. The molecule has 0 radical (unpaired) electrons. The summed E-state index contributed by atoms with van der Waals surface area (Å²) in [6.45, 7) is 10.3. The van der Waals surface area contributed by atoms with E-state index in [1.54, 1.807) is 0 Å². The lowest BCUT2D eigenvalue weighted by Gasteiger charge is -2.32. The van der Waals surface area contributed by atoms with Gasteiger partial charge in [0.15, 0.2) is 0 Å². The van der Waals surface area contributed by atoms with Crippen LogP contribution in [0, 0.1) is 17.8 Å². The minimum absolute atomic E-state index is 0.618. The Labute approximate surface area is 83.5 Å². The van der Waals surface area contributed by atoms with Crippen molar-refractivity contribution in [1.82, 2.24) is 10.6 Å². The van der Waals surface area contributed by atoms with Crippen molar-refractivity contribution in [3.63, 3.8) is 0 Å². The normalized spacial score (nSPS) is 16.6. The molecule has 0 amide bonds. The maximum absolute atomic E-state index is 3.43. The average molecular weight is 186 g/mol. The van der Waals surface area contributed by atoms with Gasteiger partial charge >= 0.3 is 0 Å². The SMILES string of the molecule is CNCC(C(C)C)C(NC)C(C)C. The second-order valence-corrected chi connectivity index (χ2v) is 4.52. The molecule has 0 aliphatic rings. The highest BCUT2D eigenvalue weighted by molar-refractivity contribution is 4.81. The Morgan fingerprint density at radius 2 is 1.46 bits per heavy atom. The van der Waals surface area contributed by atoms with Crippen molar-refractivity contribution in [2.45, 2.75) is 33.7 Å². The average Bonchev–Trinajstić information content (AvgIpc) is 2.03. The van der Waals surface area contributed by atoms with Crippen LogP contribution in [0.5, 0.6) is 0 Å². The van der Waals surface area contributed by atoms with Crippen LogP contribution in [0.4, 0.5) is 0 Å². The number of nitrogens with one attached hydrogen (secondary N) is 2. The zero-order chi connectivity index (χ0) is 10.4. The molecule has 0 saturated heterocycles. The molecule has 0 bridgehead atoms. The van der Waals surface area contributed by atoms with Crippen LogP contribution in [-0.4, -0.2) is 26.7 Å². The molecule has 0 saturated carbocycles. The molecule has 0 fully saturated rings. The summed E-state index contributed by atoms with van der Waals surface area (Å²) in [5.41, 5.74) is 0. The van der Waals surface area contributed by atoms with Gasteiger partial charge in [-0.25, -0.2) is 0 Å². The van der Waals surface area contributed by atoms with E-state index in [2.05, 4.69) is 45.4 Å². The Morgan fingerprint density at radius 3 is 1.69 bits per heavy atom. The van der Waals surface area contributed by atoms with Gasteiger partial charge in [0.05, 0.1) is 0 Å². The molecule has 2 nitrogen and oxygen atoms in total. The van der Waals surface area contributed by atoms with E-state index in [0.29, 0.717) is 12.0 Å². The molecule has 0 rings (SSSR count). The van der Waals surface area contributed by atoms with E-state index in [1.807, 2.05) is 7.05 Å². The molecule has 13 heavy (non-hydrogen) atoms. The maximum atomic E-state index is 3.43. The summed E-state index contributed by atoms with van der Waals surface area (Å²) in [4.78, 5) is 0. The molecule has 0 aromatic rings. The first-order valence-corrected chi connectivity index (χ1v) is 5.36. The monoisotopic (exact) mass is 186 g/mol. The van der Waals surface area contributed by atoms with Gasteiger partial charge in [-0.1, -0.05) is 27.7 Å². The van der Waals surface area contributed by atoms with Crippen LogP contribution in [0.2, 0.25) is 0 Å². The van der Waals surface area contributed by atoms with Gasteiger partial charge in [0.1, 0.15) is 0 Å². The van der Waals surface area contributed by atoms with Gasteiger partial charge in [-0.2, -0.15) is 0 Å². The van der Waals surface area contributed by atoms with Crippen LogP contribution in [-0.2, 0) is 0 Å². The molecule has 0 aromatic heterocycles. The summed E-state index contributed by atoms with van der Waals surface area (Å²) in [7, 11) is 4.10. The molecule has 80 valence electrons. The molecule has 2 N–H and O–H groups in total. The summed E-state index contributed by atoms with van der Waals surface area (Å²) in [5.74, 6) is 2.15. The van der Waals surface area contributed by atoms with E-state index in [0.717, 1.165) is 18.4 Å². The van der Waals surface area contributed by atoms with Crippen LogP contribution in [0.3, 0.4) is 0 Å². The van der Waals surface area contributed by atoms with Crippen LogP contribution < -0.4 is 10.6 Å². The highest BCUT2D eigenvalue weighted by Crippen LogP contribution is 2.19. The fourth-order valence-corrected chi connectivity index (χ4v) is 2.05. The molecule has 2 atom stereocenters. The van der Waals surface area contributed by atoms with Crippen LogP contribution in [0.25, 0.3) is 0 Å². The van der Waals surface area contributed by atoms with Crippen molar-refractivity contribution in [3.8, 4) is 0 Å². The van der Waals surface area contributed by atoms with Gasteiger partial charge < -0.3 is 10.6 Å². The van der Waals surface area contributed by atoms with Crippen molar-refractivity contribution in [3.05, 3.63) is 0 Å². The minimum Gasteiger partial charge on any atom is -0.319 e. The predicted octanol–water partition coefficient (Wildman–Crippen LogP) is 1.72. The molecule has 0 spiro atoms. The zero-order valence-corrected chi connectivity index (χ0v) is 10.0. The van der Waals surface area contributed by atoms with Gasteiger partial charge in [-0.3, -0.25) is 0 Å². The van der Waals surface area contributed by atoms with Gasteiger partial charge in [0, 0.05) is 6.04 Å². The van der Waals surface area contributed by atoms with E-state index in [9.17, 15) is 0 Å². The lowest BCUT2D eigenvalue weighted by molar-refractivity contribution is 0.232. The molecule has 0 heterocycles. The first kappa shape index (κ1) is 12.9. The number of rotatable bonds is 6. The Bertz CT molecular complexity index is 121. The number of hydrogen-bond acceptors (Lipinski definition) is 2. The molecule has 2 heteroatoms. The summed E-state index contributed by atoms with van der Waals surface area (Å²) in [6.07, 6.45) is 0. The van der Waals surface area contributed by atoms with Gasteiger partial charge in [0.25, 0.3) is 0 Å². The summed E-state index contributed by atoms with van der Waals surface area (Å²) in [5, 5.41) is 6.71. The predicted molar refractivity (Wildman–Crippen MR) is 59.9 cm³/mol. The lowest BCUT2D eigenvalue weighted by Crippen LogP contribution is -2.44. The third-order valence-electron chi connectivity index (χ3n) is 2.81. The van der Waals surface area contributed by atoms with Crippen molar-refractivity contribution in [2.75, 3.05) is 20.6 Å². The van der Waals surface area contributed by atoms with Crippen molar-refractivity contribution < 1.29 is 0 Å². The standard InChI is InChI=1S/C11H26N2/c1-8(2)10(7-12-5)11(13-6)9(3)4/h8-13H,7H2,1-6H3. The Balaban J connectivity index is 4.29. The quantitative estimate of drug-likeness (QED) is 0.660. The fourth-order valence-electron chi connectivity index (χ4n) is 2.05. The van der Waals surface area contributed by atoms with E-state index in [4.69, 9.17) is 0 Å². The van der Waals surface area contributed by atoms with E-state index >= 15 is 0 Å². The summed E-state index contributed by atoms with van der Waals surface area (Å²) >= 11 is 0. The highest BCUT2D eigenvalue weighted by Gasteiger charge is 2.24. The maximum Gasteiger partial charge on any atom is 0.0130 e. The molecule has 0 aromatic carbocycles. The van der Waals surface area contributed by atoms with E-state index in [1.165, 1.54) is 0 Å². The summed E-state index contributed by atoms with van der Waals surface area (Å²) in [6, 6.07) is 0.618. The fraction of sp³-hybridized carbons (Fsp3) is 1.00. The second-order valence-electron chi connectivity index (χ2n) is 4.52. The van der Waals surface area contributed by atoms with Crippen LogP contribution in [0.1, 0.15) is 27.7 Å². The van der Waals surface area contributed by atoms with Gasteiger partial charge in [-0.15, -0.1) is 0 Å². The van der Waals surface area contributed by atoms with E-state index in [-0.39, 0.29) is 0 Å². The largest absolute Gasteiger partial charge is 0.319 e. The number of hydrogen-bond donors (Lipinski definition) is 2. The third kappa shape index (κ3) is 4.10. The van der Waals surface area contributed by atoms with Crippen LogP contribution >= 0.6 is 0 Å². The minimum atomic E-state index is 0.618. The molecular formula is C11H26N2. The van der Waals surface area contributed by atoms with Crippen molar-refractivity contribution >= 4 is 0 Å². The molecular weight excluding hydrogens is 160 g/mol. The molecule has 2 unspecified atom stereocenters. The van der Waals surface area contributed by atoms with Gasteiger partial charge in [0.2, 0.25) is 0 Å². The Morgan fingerprint density at radius 1 is 0.923 bits per heavy atom. The summed E-state index contributed by atoms with van der Waals surface area (Å²) < 4.78 is 0. The van der Waals surface area contributed by atoms with Crippen molar-refractivity contribution in [1.29, 1.82) is 0 Å². The molecule has 0 aliphatic carbocycles. The van der Waals surface area contributed by atoms with Crippen LogP contribution in [0.15, 0.2) is 0 Å². The molecule has 0 aliphatic heterocycles. The van der Waals surface area contributed by atoms with E-state index < -0.39 is 0 Å². The third-order valence-corrected chi connectivity index (χ3v) is 2.81. The van der Waals surface area contributed by atoms with Gasteiger partial charge in [-0.05, 0) is 38.4 Å². The lowest BCUT2D eigenvalue weighted by atomic mass is 9.82. The van der Waals surface area contributed by atoms with Crippen molar-refractivity contribution in [2.24, 2.45) is 17.8 Å². The topological polar surface area (TPSA) is 24.1 Å². The first-order valence-electron chi connectivity index (χ1n) is 5.36. The Kier molecular flexibility index (Phi) is 6.35. The second kappa shape index (κ2) is 6.39. The first-order chi connectivity index (χ1) is 6.04. The Hall–Kier alpha value is -0.0800. The highest BCUT2D eigenvalue weighted by atomic mass is 14.9.